The minimum absolute atomic E-state index is 0.0586. The Morgan fingerprint density at radius 1 is 1.08 bits per heavy atom. The monoisotopic (exact) mass is 355 g/mol. The molecule has 2 aromatic carbocycles. The molecule has 140 valence electrons. The zero-order valence-corrected chi connectivity index (χ0v) is 16.6. The lowest BCUT2D eigenvalue weighted by Gasteiger charge is -2.22. The Hall–Kier alpha value is -2.49. The van der Waals surface area contributed by atoms with Crippen LogP contribution in [0.2, 0.25) is 0 Å². The van der Waals surface area contributed by atoms with Crippen molar-refractivity contribution in [2.45, 2.75) is 53.2 Å². The number of aryl methyl sites for hydroxylation is 2. The molecule has 4 heteroatoms. The van der Waals surface area contributed by atoms with Crippen LogP contribution in [0.25, 0.3) is 0 Å². The van der Waals surface area contributed by atoms with E-state index in [1.54, 1.807) is 14.0 Å². The number of rotatable bonds is 7. The van der Waals surface area contributed by atoms with Gasteiger partial charge in [0.05, 0.1) is 13.2 Å². The van der Waals surface area contributed by atoms with Crippen molar-refractivity contribution in [3.8, 4) is 11.5 Å². The number of hydrogen-bond donors (Lipinski definition) is 1. The van der Waals surface area contributed by atoms with E-state index in [0.717, 1.165) is 40.2 Å². The Morgan fingerprint density at radius 2 is 1.81 bits per heavy atom. The molecule has 2 atom stereocenters. The van der Waals surface area contributed by atoms with Crippen LogP contribution in [-0.2, 0) is 4.79 Å². The number of amides is 1. The SMILES string of the molecule is CC[C@H](NC(=O)[C@@H](C)Oc1cccc(C)c1C)c1ccc(OC)c(C)c1. The number of methoxy groups -OCH3 is 1. The molecule has 0 spiro atoms. The second-order valence-electron chi connectivity index (χ2n) is 6.66. The fourth-order valence-corrected chi connectivity index (χ4v) is 2.92. The molecule has 2 rings (SSSR count). The van der Waals surface area contributed by atoms with Gasteiger partial charge in [-0.3, -0.25) is 4.79 Å². The fourth-order valence-electron chi connectivity index (χ4n) is 2.92. The Balaban J connectivity index is 2.08. The van der Waals surface area contributed by atoms with Crippen LogP contribution in [0.15, 0.2) is 36.4 Å². The Kier molecular flexibility index (Phi) is 6.67. The zero-order valence-electron chi connectivity index (χ0n) is 16.6. The molecule has 26 heavy (non-hydrogen) atoms. The quantitative estimate of drug-likeness (QED) is 0.786. The van der Waals surface area contributed by atoms with Gasteiger partial charge in [-0.1, -0.05) is 31.2 Å². The Morgan fingerprint density at radius 3 is 2.42 bits per heavy atom. The second-order valence-corrected chi connectivity index (χ2v) is 6.66. The van der Waals surface area contributed by atoms with Crippen LogP contribution >= 0.6 is 0 Å². The molecule has 0 saturated heterocycles. The first-order chi connectivity index (χ1) is 12.4. The third-order valence-electron chi connectivity index (χ3n) is 4.77. The summed E-state index contributed by atoms with van der Waals surface area (Å²) in [5, 5.41) is 3.10. The van der Waals surface area contributed by atoms with Gasteiger partial charge in [-0.2, -0.15) is 0 Å². The third-order valence-corrected chi connectivity index (χ3v) is 4.77. The number of benzene rings is 2. The maximum atomic E-state index is 12.6. The molecule has 1 N–H and O–H groups in total. The van der Waals surface area contributed by atoms with Gasteiger partial charge < -0.3 is 14.8 Å². The molecule has 0 radical (unpaired) electrons. The highest BCUT2D eigenvalue weighted by molar-refractivity contribution is 5.81. The lowest BCUT2D eigenvalue weighted by molar-refractivity contribution is -0.128. The van der Waals surface area contributed by atoms with Gasteiger partial charge in [0.25, 0.3) is 5.91 Å². The molecule has 0 aromatic heterocycles. The molecule has 0 unspecified atom stereocenters. The molecular formula is C22H29NO3. The summed E-state index contributed by atoms with van der Waals surface area (Å²) in [6, 6.07) is 11.8. The van der Waals surface area contributed by atoms with E-state index in [4.69, 9.17) is 9.47 Å². The highest BCUT2D eigenvalue weighted by Crippen LogP contribution is 2.25. The lowest BCUT2D eigenvalue weighted by atomic mass is 10.0. The average Bonchev–Trinajstić information content (AvgIpc) is 2.63. The summed E-state index contributed by atoms with van der Waals surface area (Å²) >= 11 is 0. The molecule has 0 saturated carbocycles. The smallest absolute Gasteiger partial charge is 0.261 e. The first-order valence-electron chi connectivity index (χ1n) is 9.05. The summed E-state index contributed by atoms with van der Waals surface area (Å²) < 4.78 is 11.2. The number of ether oxygens (including phenoxy) is 2. The van der Waals surface area contributed by atoms with Crippen molar-refractivity contribution in [2.24, 2.45) is 0 Å². The zero-order chi connectivity index (χ0) is 19.3. The van der Waals surface area contributed by atoms with E-state index < -0.39 is 6.10 Å². The highest BCUT2D eigenvalue weighted by atomic mass is 16.5. The number of carbonyl (C=O) groups excluding carboxylic acids is 1. The second kappa shape index (κ2) is 8.75. The number of nitrogens with one attached hydrogen (secondary N) is 1. The summed E-state index contributed by atoms with van der Waals surface area (Å²) in [4.78, 5) is 12.6. The van der Waals surface area contributed by atoms with Crippen molar-refractivity contribution >= 4 is 5.91 Å². The minimum atomic E-state index is -0.566. The Bertz CT molecular complexity index is 770. The average molecular weight is 355 g/mol. The summed E-state index contributed by atoms with van der Waals surface area (Å²) in [6.07, 6.45) is 0.233. The number of carbonyl (C=O) groups is 1. The van der Waals surface area contributed by atoms with Crippen LogP contribution in [0.5, 0.6) is 11.5 Å². The van der Waals surface area contributed by atoms with Crippen LogP contribution in [-0.4, -0.2) is 19.1 Å². The first-order valence-corrected chi connectivity index (χ1v) is 9.05. The molecule has 1 amide bonds. The highest BCUT2D eigenvalue weighted by Gasteiger charge is 2.20. The van der Waals surface area contributed by atoms with Gasteiger partial charge in [0, 0.05) is 0 Å². The maximum absolute atomic E-state index is 12.6. The summed E-state index contributed by atoms with van der Waals surface area (Å²) in [6.45, 7) is 9.88. The van der Waals surface area contributed by atoms with Crippen molar-refractivity contribution in [1.82, 2.24) is 5.32 Å². The molecule has 0 heterocycles. The number of hydrogen-bond acceptors (Lipinski definition) is 3. The predicted molar refractivity (Wildman–Crippen MR) is 105 cm³/mol. The van der Waals surface area contributed by atoms with Crippen LogP contribution in [0.4, 0.5) is 0 Å². The Labute approximate surface area is 156 Å². The molecule has 4 nitrogen and oxygen atoms in total. The summed E-state index contributed by atoms with van der Waals surface area (Å²) in [5.74, 6) is 1.48. The van der Waals surface area contributed by atoms with E-state index in [2.05, 4.69) is 18.3 Å². The summed E-state index contributed by atoms with van der Waals surface area (Å²) in [7, 11) is 1.66. The van der Waals surface area contributed by atoms with E-state index in [0.29, 0.717) is 0 Å². The summed E-state index contributed by atoms with van der Waals surface area (Å²) in [5.41, 5.74) is 4.33. The van der Waals surface area contributed by atoms with Crippen LogP contribution in [0, 0.1) is 20.8 Å². The van der Waals surface area contributed by atoms with E-state index in [9.17, 15) is 4.79 Å². The van der Waals surface area contributed by atoms with Crippen molar-refractivity contribution < 1.29 is 14.3 Å². The van der Waals surface area contributed by atoms with Gasteiger partial charge in [-0.15, -0.1) is 0 Å². The predicted octanol–water partition coefficient (Wildman–Crippen LogP) is 4.66. The van der Waals surface area contributed by atoms with E-state index in [1.807, 2.05) is 51.1 Å². The third kappa shape index (κ3) is 4.57. The molecule has 0 fully saturated rings. The van der Waals surface area contributed by atoms with E-state index in [-0.39, 0.29) is 11.9 Å². The van der Waals surface area contributed by atoms with Gasteiger partial charge in [0.2, 0.25) is 0 Å². The van der Waals surface area contributed by atoms with Crippen molar-refractivity contribution in [1.29, 1.82) is 0 Å². The van der Waals surface area contributed by atoms with Gasteiger partial charge in [0.1, 0.15) is 11.5 Å². The van der Waals surface area contributed by atoms with Gasteiger partial charge in [-0.25, -0.2) is 0 Å². The minimum Gasteiger partial charge on any atom is -0.496 e. The van der Waals surface area contributed by atoms with Crippen LogP contribution < -0.4 is 14.8 Å². The van der Waals surface area contributed by atoms with Crippen molar-refractivity contribution in [3.05, 3.63) is 58.7 Å². The van der Waals surface area contributed by atoms with Gasteiger partial charge in [-0.05, 0) is 68.5 Å². The van der Waals surface area contributed by atoms with Crippen molar-refractivity contribution in [3.63, 3.8) is 0 Å². The maximum Gasteiger partial charge on any atom is 0.261 e. The van der Waals surface area contributed by atoms with Gasteiger partial charge >= 0.3 is 0 Å². The van der Waals surface area contributed by atoms with E-state index in [1.165, 1.54) is 0 Å². The standard InChI is InChI=1S/C22H29NO3/c1-7-19(18-11-12-20(25-6)15(3)13-18)23-22(24)17(5)26-21-10-8-9-14(2)16(21)4/h8-13,17,19H,7H2,1-6H3,(H,23,24)/t17-,19+/m1/s1. The largest absolute Gasteiger partial charge is 0.496 e. The van der Waals surface area contributed by atoms with Crippen molar-refractivity contribution in [2.75, 3.05) is 7.11 Å². The normalized spacial score (nSPS) is 13.0. The molecule has 2 aromatic rings. The first kappa shape index (κ1) is 19.8. The molecule has 0 aliphatic heterocycles. The molecule has 0 bridgehead atoms. The molecule has 0 aliphatic rings. The molecule has 0 aliphatic carbocycles. The van der Waals surface area contributed by atoms with E-state index >= 15 is 0 Å². The fraction of sp³-hybridized carbons (Fsp3) is 0.409. The lowest BCUT2D eigenvalue weighted by Crippen LogP contribution is -2.38. The topological polar surface area (TPSA) is 47.6 Å². The molecular weight excluding hydrogens is 326 g/mol. The van der Waals surface area contributed by atoms with Gasteiger partial charge in [0.15, 0.2) is 6.10 Å². The van der Waals surface area contributed by atoms with Crippen LogP contribution in [0.1, 0.15) is 48.6 Å². The van der Waals surface area contributed by atoms with Crippen LogP contribution in [0.3, 0.4) is 0 Å².